The Morgan fingerprint density at radius 1 is 1.24 bits per heavy atom. The van der Waals surface area contributed by atoms with Crippen LogP contribution in [0, 0.1) is 18.3 Å². The first-order chi connectivity index (χ1) is 21.5. The van der Waals surface area contributed by atoms with Gasteiger partial charge in [0.15, 0.2) is 5.82 Å². The minimum atomic E-state index is -0.184. The molecule has 244 valence electrons. The number of likely N-dealkylation sites (tertiary alicyclic amines) is 1. The molecule has 45 heavy (non-hydrogen) atoms. The van der Waals surface area contributed by atoms with E-state index in [0.717, 1.165) is 91.9 Å². The second-order valence-corrected chi connectivity index (χ2v) is 14.7. The maximum atomic E-state index is 12.1. The number of ether oxygens (including phenoxy) is 1. The topological polar surface area (TPSA) is 103 Å². The fourth-order valence-corrected chi connectivity index (χ4v) is 8.59. The highest BCUT2D eigenvalue weighted by atomic mass is 35.5. The van der Waals surface area contributed by atoms with Crippen LogP contribution in [0.4, 0.5) is 5.82 Å². The molecule has 10 nitrogen and oxygen atoms in total. The van der Waals surface area contributed by atoms with Crippen LogP contribution >= 0.6 is 23.2 Å². The Kier molecular flexibility index (Phi) is 8.99. The van der Waals surface area contributed by atoms with E-state index in [-0.39, 0.29) is 29.5 Å². The first-order valence-corrected chi connectivity index (χ1v) is 16.7. The Labute approximate surface area is 275 Å². The fraction of sp³-hybridized carbons (Fsp3) is 0.606. The molecule has 2 aromatic heterocycles. The highest BCUT2D eigenvalue weighted by Crippen LogP contribution is 2.56. The van der Waals surface area contributed by atoms with Crippen molar-refractivity contribution in [1.29, 1.82) is 0 Å². The molecule has 2 aliphatic heterocycles. The number of carbonyl (C=O) groups excluding carboxylic acids is 1. The zero-order chi connectivity index (χ0) is 32.1. The number of methoxy groups -OCH3 is 1. The standard InChI is InChI=1S/C33H45Cl2N7O3/c1-6-27(44)40-19-33(20-40)15-23(16-33)42-21(2)28(29-24-17-36-37-26(24)13-25(34)30(29)35)31(38-42)41-8-7-22(14-32(41,3)4)18-39(9-11-43)10-12-45-5/h6,13,17,22-23,43H,1,7-12,14-16,18-20H2,2-5H3,(H,36,37)/t22-/m1/s1. The third-order valence-electron chi connectivity index (χ3n) is 10.3. The van der Waals surface area contributed by atoms with Crippen LogP contribution in [-0.4, -0.2) is 106 Å². The number of aliphatic hydroxyl groups is 1. The first-order valence-electron chi connectivity index (χ1n) is 15.9. The number of hydrogen-bond donors (Lipinski definition) is 2. The maximum Gasteiger partial charge on any atom is 0.245 e. The predicted molar refractivity (Wildman–Crippen MR) is 179 cm³/mol. The Bertz CT molecular complexity index is 1570. The number of rotatable bonds is 11. The molecule has 2 N–H and O–H groups in total. The van der Waals surface area contributed by atoms with Crippen LogP contribution in [0.25, 0.3) is 22.0 Å². The number of H-pyrrole nitrogens is 1. The van der Waals surface area contributed by atoms with Crippen LogP contribution in [0.15, 0.2) is 24.9 Å². The molecule has 12 heteroatoms. The zero-order valence-corrected chi connectivity index (χ0v) is 28.3. The van der Waals surface area contributed by atoms with Crippen molar-refractivity contribution in [3.8, 4) is 11.1 Å². The second-order valence-electron chi connectivity index (χ2n) is 13.9. The SMILES string of the molecule is C=CC(=O)N1CC2(CC(n3nc(N4CC[C@@H](CN(CCO)CCOC)CC4(C)C)c(-c4c(Cl)c(Cl)cc5[nH]ncc45)c3C)C2)C1. The van der Waals surface area contributed by atoms with E-state index in [4.69, 9.17) is 33.0 Å². The predicted octanol–water partition coefficient (Wildman–Crippen LogP) is 5.33. The minimum absolute atomic E-state index is 0.00690. The normalized spacial score (nSPS) is 21.0. The molecule has 3 fully saturated rings. The third kappa shape index (κ3) is 5.89. The Morgan fingerprint density at radius 3 is 2.67 bits per heavy atom. The number of aromatic amines is 1. The molecule has 0 bridgehead atoms. The molecule has 0 radical (unpaired) electrons. The molecule has 1 aromatic carbocycles. The van der Waals surface area contributed by atoms with Gasteiger partial charge in [0.2, 0.25) is 5.91 Å². The summed E-state index contributed by atoms with van der Waals surface area (Å²) >= 11 is 13.7. The van der Waals surface area contributed by atoms with E-state index >= 15 is 0 Å². The molecule has 1 aliphatic carbocycles. The molecule has 6 rings (SSSR count). The lowest BCUT2D eigenvalue weighted by Crippen LogP contribution is -2.63. The lowest BCUT2D eigenvalue weighted by Gasteiger charge is -2.58. The summed E-state index contributed by atoms with van der Waals surface area (Å²) < 4.78 is 7.52. The minimum Gasteiger partial charge on any atom is -0.395 e. The number of hydrogen-bond acceptors (Lipinski definition) is 7. The van der Waals surface area contributed by atoms with Gasteiger partial charge in [-0.15, -0.1) is 0 Å². The number of halogens is 2. The number of nitrogens with one attached hydrogen (secondary N) is 1. The number of benzene rings is 1. The molecule has 1 saturated carbocycles. The molecule has 1 amide bonds. The van der Waals surface area contributed by atoms with Gasteiger partial charge in [-0.1, -0.05) is 29.8 Å². The smallest absolute Gasteiger partial charge is 0.245 e. The number of carbonyl (C=O) groups is 1. The summed E-state index contributed by atoms with van der Waals surface area (Å²) in [5.41, 5.74) is 3.73. The molecule has 4 heterocycles. The fourth-order valence-electron chi connectivity index (χ4n) is 8.14. The van der Waals surface area contributed by atoms with Gasteiger partial charge < -0.3 is 19.6 Å². The van der Waals surface area contributed by atoms with Crippen molar-refractivity contribution in [1.82, 2.24) is 29.8 Å². The van der Waals surface area contributed by atoms with Gasteiger partial charge in [-0.3, -0.25) is 19.5 Å². The second kappa shape index (κ2) is 12.5. The van der Waals surface area contributed by atoms with Crippen LogP contribution in [0.5, 0.6) is 0 Å². The first kappa shape index (κ1) is 32.3. The summed E-state index contributed by atoms with van der Waals surface area (Å²) in [5.74, 6) is 1.41. The van der Waals surface area contributed by atoms with Gasteiger partial charge in [-0.05, 0) is 64.5 Å². The number of fused-ring (bicyclic) bond motifs is 1. The monoisotopic (exact) mass is 657 g/mol. The number of aliphatic hydroxyl groups excluding tert-OH is 1. The zero-order valence-electron chi connectivity index (χ0n) is 26.8. The third-order valence-corrected chi connectivity index (χ3v) is 11.1. The van der Waals surface area contributed by atoms with Crippen molar-refractivity contribution >= 4 is 45.8 Å². The van der Waals surface area contributed by atoms with Crippen molar-refractivity contribution < 1.29 is 14.6 Å². The quantitative estimate of drug-likeness (QED) is 0.269. The van der Waals surface area contributed by atoms with Crippen LogP contribution < -0.4 is 4.90 Å². The van der Waals surface area contributed by atoms with E-state index in [1.165, 1.54) is 6.08 Å². The Morgan fingerprint density at radius 2 is 2.00 bits per heavy atom. The van der Waals surface area contributed by atoms with E-state index in [2.05, 4.69) is 52.0 Å². The van der Waals surface area contributed by atoms with Crippen molar-refractivity contribution in [3.05, 3.63) is 40.7 Å². The lowest BCUT2D eigenvalue weighted by atomic mass is 9.60. The molecule has 3 aromatic rings. The van der Waals surface area contributed by atoms with Gasteiger partial charge in [-0.2, -0.15) is 10.2 Å². The molecule has 2 saturated heterocycles. The summed E-state index contributed by atoms with van der Waals surface area (Å²) in [4.78, 5) is 18.7. The van der Waals surface area contributed by atoms with Gasteiger partial charge in [0, 0.05) is 79.5 Å². The molecular formula is C33H45Cl2N7O3. The number of amides is 1. The van der Waals surface area contributed by atoms with Crippen LogP contribution in [0.3, 0.4) is 0 Å². The van der Waals surface area contributed by atoms with Gasteiger partial charge in [0.25, 0.3) is 0 Å². The van der Waals surface area contributed by atoms with Gasteiger partial charge >= 0.3 is 0 Å². The molecule has 3 aliphatic rings. The summed E-state index contributed by atoms with van der Waals surface area (Å²) in [6, 6.07) is 2.07. The van der Waals surface area contributed by atoms with Gasteiger partial charge in [0.05, 0.1) is 41.0 Å². The van der Waals surface area contributed by atoms with Crippen LogP contribution in [0.2, 0.25) is 10.0 Å². The highest BCUT2D eigenvalue weighted by molar-refractivity contribution is 6.45. The largest absolute Gasteiger partial charge is 0.395 e. The number of piperidine rings is 1. The van der Waals surface area contributed by atoms with Crippen LogP contribution in [0.1, 0.15) is 51.3 Å². The molecule has 1 spiro atoms. The van der Waals surface area contributed by atoms with E-state index in [1.807, 2.05) is 17.2 Å². The highest BCUT2D eigenvalue weighted by Gasteiger charge is 2.54. The van der Waals surface area contributed by atoms with E-state index in [1.54, 1.807) is 7.11 Å². The Hall–Kier alpha value is -2.63. The summed E-state index contributed by atoms with van der Waals surface area (Å²) in [7, 11) is 1.72. The van der Waals surface area contributed by atoms with Gasteiger partial charge in [-0.25, -0.2) is 0 Å². The van der Waals surface area contributed by atoms with Crippen molar-refractivity contribution in [2.24, 2.45) is 11.3 Å². The van der Waals surface area contributed by atoms with Crippen LogP contribution in [-0.2, 0) is 9.53 Å². The lowest BCUT2D eigenvalue weighted by molar-refractivity contribution is -0.149. The maximum absolute atomic E-state index is 12.1. The number of aromatic nitrogens is 4. The summed E-state index contributed by atoms with van der Waals surface area (Å²) in [6.07, 6.45) is 7.17. The van der Waals surface area contributed by atoms with Crippen molar-refractivity contribution in [3.63, 3.8) is 0 Å². The van der Waals surface area contributed by atoms with E-state index < -0.39 is 0 Å². The molecular weight excluding hydrogens is 613 g/mol. The van der Waals surface area contributed by atoms with Crippen molar-refractivity contribution in [2.75, 3.05) is 64.5 Å². The van der Waals surface area contributed by atoms with Gasteiger partial charge in [0.1, 0.15) is 0 Å². The van der Waals surface area contributed by atoms with E-state index in [0.29, 0.717) is 29.1 Å². The number of anilines is 1. The average molecular weight is 659 g/mol. The summed E-state index contributed by atoms with van der Waals surface area (Å²) in [6.45, 7) is 15.9. The average Bonchev–Trinajstić information content (AvgIpc) is 3.54. The summed E-state index contributed by atoms with van der Waals surface area (Å²) in [5, 5.41) is 24.3. The molecule has 1 atom stereocenters. The Balaban J connectivity index is 1.34. The number of nitrogens with zero attached hydrogens (tertiary/aromatic N) is 6. The van der Waals surface area contributed by atoms with Crippen molar-refractivity contribution in [2.45, 2.75) is 58.0 Å². The van der Waals surface area contributed by atoms with E-state index in [9.17, 15) is 9.90 Å². The molecule has 0 unspecified atom stereocenters.